The summed E-state index contributed by atoms with van der Waals surface area (Å²) in [6.07, 6.45) is 72.4. The minimum atomic E-state index is -4.96. The Morgan fingerprint density at radius 2 is 0.438 bits per heavy atom. The molecule has 0 radical (unpaired) electrons. The largest absolute Gasteiger partial charge is 0.472 e. The maximum absolute atomic E-state index is 13.1. The van der Waals surface area contributed by atoms with Crippen molar-refractivity contribution >= 4 is 39.5 Å². The van der Waals surface area contributed by atoms with Crippen molar-refractivity contribution in [2.45, 2.75) is 483 Å². The summed E-state index contributed by atoms with van der Waals surface area (Å²) < 4.78 is 68.8. The molecule has 0 amide bonds. The van der Waals surface area contributed by atoms with Crippen molar-refractivity contribution in [1.29, 1.82) is 0 Å². The monoisotopic (exact) mass is 1540 g/mol. The number of hydrogen-bond donors (Lipinski definition) is 3. The van der Waals surface area contributed by atoms with Crippen LogP contribution in [0.4, 0.5) is 0 Å². The summed E-state index contributed by atoms with van der Waals surface area (Å²) >= 11 is 0. The zero-order chi connectivity index (χ0) is 76.9. The Bertz CT molecular complexity index is 2000. The van der Waals surface area contributed by atoms with E-state index in [1.165, 1.54) is 289 Å². The second-order valence-electron chi connectivity index (χ2n) is 31.4. The number of aliphatic hydroxyl groups is 1. The Morgan fingerprint density at radius 1 is 0.257 bits per heavy atom. The number of phosphoric acid groups is 2. The SMILES string of the molecule is CCCCCCCCCCCCCCCCCCCCCCCC(=O)OC[C@H](COP(=O)(O)OC[C@@H](O)COP(=O)(O)OC[C@@H](COC(=O)CCCCCCCCCCC)OC(=O)CCCCCCCCCCCCCC(C)C)OC(=O)CCCCCCCCCCCCCCCCCCCCCCC. The summed E-state index contributed by atoms with van der Waals surface area (Å²) in [6, 6.07) is 0. The van der Waals surface area contributed by atoms with E-state index in [1.54, 1.807) is 0 Å². The molecule has 2 unspecified atom stereocenters. The molecule has 5 atom stereocenters. The van der Waals surface area contributed by atoms with Crippen LogP contribution in [0.15, 0.2) is 0 Å². The van der Waals surface area contributed by atoms with Crippen LogP contribution < -0.4 is 0 Å². The molecule has 0 saturated carbocycles. The lowest BCUT2D eigenvalue weighted by Gasteiger charge is -2.21. The fourth-order valence-electron chi connectivity index (χ4n) is 13.5. The van der Waals surface area contributed by atoms with Crippen LogP contribution in [0, 0.1) is 5.92 Å². The Morgan fingerprint density at radius 3 is 0.648 bits per heavy atom. The van der Waals surface area contributed by atoms with Crippen LogP contribution in [-0.2, 0) is 65.4 Å². The van der Waals surface area contributed by atoms with E-state index in [1.807, 2.05) is 0 Å². The zero-order valence-corrected chi connectivity index (χ0v) is 70.7. The first-order valence-electron chi connectivity index (χ1n) is 44.6. The lowest BCUT2D eigenvalue weighted by Crippen LogP contribution is -2.30. The highest BCUT2D eigenvalue weighted by Gasteiger charge is 2.30. The Kier molecular flexibility index (Phi) is 77.3. The minimum absolute atomic E-state index is 0.107. The first kappa shape index (κ1) is 103. The van der Waals surface area contributed by atoms with Gasteiger partial charge in [-0.3, -0.25) is 37.3 Å². The van der Waals surface area contributed by atoms with Gasteiger partial charge in [-0.1, -0.05) is 413 Å². The smallest absolute Gasteiger partial charge is 0.462 e. The molecule has 0 bridgehead atoms. The molecular formula is C86H168O17P2. The Hall–Kier alpha value is -1.94. The van der Waals surface area contributed by atoms with Crippen LogP contribution in [-0.4, -0.2) is 96.7 Å². The van der Waals surface area contributed by atoms with Gasteiger partial charge in [-0.2, -0.15) is 0 Å². The summed E-state index contributed by atoms with van der Waals surface area (Å²) in [5, 5.41) is 10.7. The van der Waals surface area contributed by atoms with E-state index in [0.717, 1.165) is 95.8 Å². The number of rotatable bonds is 86. The summed E-state index contributed by atoms with van der Waals surface area (Å²) in [5.74, 6) is -1.34. The average Bonchev–Trinajstić information content (AvgIpc) is 0.996. The molecular weight excluding hydrogens is 1370 g/mol. The fraction of sp³-hybridized carbons (Fsp3) is 0.953. The van der Waals surface area contributed by atoms with Crippen molar-refractivity contribution in [2.24, 2.45) is 5.92 Å². The molecule has 0 aromatic carbocycles. The normalized spacial score (nSPS) is 13.8. The number of esters is 4. The van der Waals surface area contributed by atoms with E-state index in [0.29, 0.717) is 25.7 Å². The van der Waals surface area contributed by atoms with Gasteiger partial charge in [-0.25, -0.2) is 9.13 Å². The number of hydrogen-bond acceptors (Lipinski definition) is 15. The van der Waals surface area contributed by atoms with Gasteiger partial charge in [0.25, 0.3) is 0 Å². The molecule has 0 aromatic rings. The van der Waals surface area contributed by atoms with Gasteiger partial charge < -0.3 is 33.8 Å². The molecule has 0 aliphatic carbocycles. The molecule has 0 aliphatic rings. The lowest BCUT2D eigenvalue weighted by molar-refractivity contribution is -0.161. The van der Waals surface area contributed by atoms with Gasteiger partial charge in [-0.05, 0) is 31.6 Å². The second kappa shape index (κ2) is 78.7. The minimum Gasteiger partial charge on any atom is -0.462 e. The molecule has 3 N–H and O–H groups in total. The molecule has 19 heteroatoms. The number of ether oxygens (including phenoxy) is 4. The van der Waals surface area contributed by atoms with E-state index < -0.39 is 97.5 Å². The second-order valence-corrected chi connectivity index (χ2v) is 34.3. The highest BCUT2D eigenvalue weighted by atomic mass is 31.2. The number of carbonyl (C=O) groups is 4. The van der Waals surface area contributed by atoms with Gasteiger partial charge >= 0.3 is 39.5 Å². The van der Waals surface area contributed by atoms with E-state index in [2.05, 4.69) is 34.6 Å². The number of carbonyl (C=O) groups excluding carboxylic acids is 4. The van der Waals surface area contributed by atoms with E-state index >= 15 is 0 Å². The van der Waals surface area contributed by atoms with Gasteiger partial charge in [0.15, 0.2) is 12.2 Å². The highest BCUT2D eigenvalue weighted by Crippen LogP contribution is 2.45. The topological polar surface area (TPSA) is 237 Å². The Balaban J connectivity index is 5.19. The van der Waals surface area contributed by atoms with E-state index in [-0.39, 0.29) is 25.7 Å². The van der Waals surface area contributed by atoms with Gasteiger partial charge in [0.2, 0.25) is 0 Å². The third-order valence-electron chi connectivity index (χ3n) is 20.3. The summed E-state index contributed by atoms with van der Waals surface area (Å²) in [4.78, 5) is 73.1. The van der Waals surface area contributed by atoms with Crippen LogP contribution in [0.25, 0.3) is 0 Å². The maximum atomic E-state index is 13.1. The molecule has 0 saturated heterocycles. The summed E-state index contributed by atoms with van der Waals surface area (Å²) in [6.45, 7) is 7.34. The molecule has 0 fully saturated rings. The first-order chi connectivity index (χ1) is 51.0. The molecule has 17 nitrogen and oxygen atoms in total. The molecule has 0 heterocycles. The third-order valence-corrected chi connectivity index (χ3v) is 22.2. The van der Waals surface area contributed by atoms with Crippen molar-refractivity contribution < 1.29 is 80.2 Å². The first-order valence-corrected chi connectivity index (χ1v) is 47.6. The van der Waals surface area contributed by atoms with Crippen LogP contribution in [0.3, 0.4) is 0 Å². The van der Waals surface area contributed by atoms with Gasteiger partial charge in [0.05, 0.1) is 26.4 Å². The predicted molar refractivity (Wildman–Crippen MR) is 432 cm³/mol. The Labute approximate surface area is 645 Å². The molecule has 624 valence electrons. The molecule has 105 heavy (non-hydrogen) atoms. The molecule has 0 aromatic heterocycles. The number of aliphatic hydroxyl groups excluding tert-OH is 1. The van der Waals surface area contributed by atoms with Crippen molar-refractivity contribution in [2.75, 3.05) is 39.6 Å². The predicted octanol–water partition coefficient (Wildman–Crippen LogP) is 26.4. The third kappa shape index (κ3) is 79.9. The average molecular weight is 1540 g/mol. The van der Waals surface area contributed by atoms with Crippen molar-refractivity contribution in [3.8, 4) is 0 Å². The zero-order valence-electron chi connectivity index (χ0n) is 68.9. The van der Waals surface area contributed by atoms with Gasteiger partial charge in [0.1, 0.15) is 19.3 Å². The van der Waals surface area contributed by atoms with Crippen molar-refractivity contribution in [1.82, 2.24) is 0 Å². The van der Waals surface area contributed by atoms with Crippen LogP contribution in [0.2, 0.25) is 0 Å². The van der Waals surface area contributed by atoms with Crippen LogP contribution >= 0.6 is 15.6 Å². The number of unbranched alkanes of at least 4 members (excludes halogenated alkanes) is 58. The van der Waals surface area contributed by atoms with E-state index in [9.17, 15) is 43.2 Å². The van der Waals surface area contributed by atoms with E-state index in [4.69, 9.17) is 37.0 Å². The summed E-state index contributed by atoms with van der Waals surface area (Å²) in [5.41, 5.74) is 0. The molecule has 0 spiro atoms. The molecule has 0 rings (SSSR count). The maximum Gasteiger partial charge on any atom is 0.472 e. The van der Waals surface area contributed by atoms with Gasteiger partial charge in [-0.15, -0.1) is 0 Å². The van der Waals surface area contributed by atoms with Gasteiger partial charge in [0, 0.05) is 25.7 Å². The lowest BCUT2D eigenvalue weighted by atomic mass is 10.0. The molecule has 0 aliphatic heterocycles. The van der Waals surface area contributed by atoms with Crippen LogP contribution in [0.1, 0.15) is 465 Å². The fourth-order valence-corrected chi connectivity index (χ4v) is 15.1. The standard InChI is InChI=1S/C86H168O17P2/c1-6-9-12-15-18-21-23-25-27-29-31-33-35-37-39-41-45-50-55-60-65-70-84(89)97-76-82(103-85(90)71-66-61-56-51-46-42-40-38-36-34-32-30-28-26-24-22-19-16-13-10-7-2)78-101-105(94,95)99-74-80(87)73-98-104(92,93)100-77-81(75-96-83(88)69-64-59-54-48-20-17-14-11-8-3)102-86(91)72-67-62-57-52-47-43-44-49-53-58-63-68-79(4)5/h79-82,87H,6-78H2,1-5H3,(H,92,93)(H,94,95)/t80-,81+,82+/m0/s1. The van der Waals surface area contributed by atoms with Crippen molar-refractivity contribution in [3.63, 3.8) is 0 Å². The highest BCUT2D eigenvalue weighted by molar-refractivity contribution is 7.47. The summed E-state index contributed by atoms with van der Waals surface area (Å²) in [7, 11) is -9.92. The van der Waals surface area contributed by atoms with Crippen molar-refractivity contribution in [3.05, 3.63) is 0 Å². The quantitative estimate of drug-likeness (QED) is 0.0222. The number of phosphoric ester groups is 2. The van der Waals surface area contributed by atoms with Crippen LogP contribution in [0.5, 0.6) is 0 Å².